The minimum Gasteiger partial charge on any atom is -0.632 e. The van der Waals surface area contributed by atoms with E-state index >= 15 is 0 Å². The Bertz CT molecular complexity index is 407. The lowest BCUT2D eigenvalue weighted by atomic mass is 10.1. The van der Waals surface area contributed by atoms with E-state index in [0.717, 1.165) is 19.3 Å². The van der Waals surface area contributed by atoms with Crippen molar-refractivity contribution in [1.82, 2.24) is 0 Å². The van der Waals surface area contributed by atoms with Gasteiger partial charge in [0.05, 0.1) is 21.1 Å². The molecule has 0 aliphatic heterocycles. The van der Waals surface area contributed by atoms with Gasteiger partial charge in [0.15, 0.2) is 12.3 Å². The van der Waals surface area contributed by atoms with Crippen LogP contribution in [0.4, 0.5) is 0 Å². The fourth-order valence-corrected chi connectivity index (χ4v) is 4.03. The summed E-state index contributed by atoms with van der Waals surface area (Å²) in [6.45, 7) is 4.09. The monoisotopic (exact) mass is 422 g/mol. The van der Waals surface area contributed by atoms with Crippen molar-refractivity contribution in [1.29, 1.82) is 0 Å². The number of unbranched alkanes of at least 4 members (excludes halogenated alkanes) is 10. The van der Waals surface area contributed by atoms with Crippen LogP contribution < -0.4 is 4.89 Å². The lowest BCUT2D eigenvalue weighted by Gasteiger charge is -2.36. The molecule has 28 heavy (non-hydrogen) atoms. The van der Waals surface area contributed by atoms with Gasteiger partial charge in [-0.25, -0.2) is 9.79 Å². The number of hydrogen-bond acceptors (Lipinski definition) is 5. The molecular weight excluding hydrogens is 377 g/mol. The maximum absolute atomic E-state index is 12.1. The molecule has 0 bridgehead atoms. The summed E-state index contributed by atoms with van der Waals surface area (Å²) < 4.78 is 5.93. The van der Waals surface area contributed by atoms with Crippen LogP contribution in [0.15, 0.2) is 0 Å². The summed E-state index contributed by atoms with van der Waals surface area (Å²) >= 11 is 0. The van der Waals surface area contributed by atoms with Crippen LogP contribution in [0.25, 0.3) is 0 Å². The van der Waals surface area contributed by atoms with Crippen LogP contribution in [0.2, 0.25) is 0 Å². The van der Waals surface area contributed by atoms with Crippen LogP contribution in [0.1, 0.15) is 90.9 Å². The highest BCUT2D eigenvalue weighted by molar-refractivity contribution is 7.57. The molecule has 168 valence electrons. The Morgan fingerprint density at radius 1 is 0.929 bits per heavy atom. The number of ether oxygens (including phenoxy) is 1. The van der Waals surface area contributed by atoms with Gasteiger partial charge in [-0.3, -0.25) is 4.79 Å². The topological polar surface area (TPSA) is 89.8 Å². The highest BCUT2D eigenvalue weighted by Gasteiger charge is 2.38. The van der Waals surface area contributed by atoms with E-state index in [0.29, 0.717) is 10.9 Å². The number of nitrogens with zero attached hydrogens (tertiary/aromatic N) is 1. The van der Waals surface area contributed by atoms with Crippen LogP contribution in [-0.2, 0) is 9.53 Å². The standard InChI is InChI=1S/C21H44NO5P/c1-6-7-8-9-10-11-12-13-14-15-16-17-21(23)27-20(18-28(24,25)26)19(2)22(3,4)5/h19-20H,6-18H2,1-5H3,(H-,24,25,26)/p+1/t19-,20+/m0/s1. The number of rotatable bonds is 17. The smallest absolute Gasteiger partial charge is 0.306 e. The van der Waals surface area contributed by atoms with Gasteiger partial charge in [0, 0.05) is 6.42 Å². The molecule has 0 saturated heterocycles. The Balaban J connectivity index is 4.00. The minimum absolute atomic E-state index is 0.200. The van der Waals surface area contributed by atoms with Gasteiger partial charge in [-0.15, -0.1) is 0 Å². The molecule has 0 unspecified atom stereocenters. The largest absolute Gasteiger partial charge is 0.632 e. The molecule has 0 aromatic rings. The molecule has 0 radical (unpaired) electrons. The Morgan fingerprint density at radius 2 is 1.36 bits per heavy atom. The van der Waals surface area contributed by atoms with Crippen LogP contribution in [0.3, 0.4) is 0 Å². The van der Waals surface area contributed by atoms with Gasteiger partial charge in [-0.05, 0) is 13.3 Å². The van der Waals surface area contributed by atoms with E-state index in [1.807, 2.05) is 28.1 Å². The summed E-state index contributed by atoms with van der Waals surface area (Å²) in [5, 5.41) is 0. The molecule has 0 amide bonds. The molecule has 0 spiro atoms. The molecule has 0 rings (SSSR count). The van der Waals surface area contributed by atoms with Crippen molar-refractivity contribution in [2.24, 2.45) is 0 Å². The average Bonchev–Trinajstić information content (AvgIpc) is 2.56. The lowest BCUT2D eigenvalue weighted by Crippen LogP contribution is -2.53. The van der Waals surface area contributed by atoms with Gasteiger partial charge in [0.25, 0.3) is 0 Å². The third kappa shape index (κ3) is 15.6. The Kier molecular flexibility index (Phi) is 14.5. The summed E-state index contributed by atoms with van der Waals surface area (Å²) in [7, 11) is 1.53. The Morgan fingerprint density at radius 3 is 1.75 bits per heavy atom. The fourth-order valence-electron chi connectivity index (χ4n) is 3.18. The van der Waals surface area contributed by atoms with Crippen LogP contribution in [0, 0.1) is 0 Å². The third-order valence-electron chi connectivity index (χ3n) is 5.44. The molecule has 0 heterocycles. The molecule has 0 saturated carbocycles. The van der Waals surface area contributed by atoms with E-state index in [-0.39, 0.29) is 12.0 Å². The van der Waals surface area contributed by atoms with Crippen molar-refractivity contribution in [3.05, 3.63) is 0 Å². The first-order chi connectivity index (χ1) is 13.0. The first-order valence-corrected chi connectivity index (χ1v) is 12.8. The number of quaternary nitrogens is 1. The van der Waals surface area contributed by atoms with Crippen LogP contribution in [-0.4, -0.2) is 59.7 Å². The summed E-state index contributed by atoms with van der Waals surface area (Å²) in [6, 6.07) is -0.200. The van der Waals surface area contributed by atoms with Crippen LogP contribution in [0.5, 0.6) is 0 Å². The summed E-state index contributed by atoms with van der Waals surface area (Å²) in [4.78, 5) is 42.2. The van der Waals surface area contributed by atoms with Crippen molar-refractivity contribution in [3.63, 3.8) is 0 Å². The molecule has 0 aliphatic rings. The van der Waals surface area contributed by atoms with Crippen molar-refractivity contribution in [3.8, 4) is 0 Å². The molecule has 2 N–H and O–H groups in total. The zero-order chi connectivity index (χ0) is 21.6. The third-order valence-corrected chi connectivity index (χ3v) is 6.28. The van der Waals surface area contributed by atoms with Gasteiger partial charge in [0.1, 0.15) is 6.04 Å². The zero-order valence-corrected chi connectivity index (χ0v) is 19.8. The molecule has 7 heteroatoms. The lowest BCUT2D eigenvalue weighted by molar-refractivity contribution is -0.897. The van der Waals surface area contributed by atoms with Gasteiger partial charge >= 0.3 is 5.97 Å². The maximum atomic E-state index is 12.1. The van der Waals surface area contributed by atoms with Gasteiger partial charge < -0.3 is 14.1 Å². The highest BCUT2D eigenvalue weighted by atomic mass is 31.2. The van der Waals surface area contributed by atoms with Crippen molar-refractivity contribution >= 4 is 13.9 Å². The predicted octanol–water partition coefficient (Wildman–Crippen LogP) is 3.80. The van der Waals surface area contributed by atoms with Crippen molar-refractivity contribution in [2.45, 2.75) is 103 Å². The first-order valence-electron chi connectivity index (χ1n) is 11.0. The van der Waals surface area contributed by atoms with E-state index in [4.69, 9.17) is 4.74 Å². The molecule has 6 nitrogen and oxygen atoms in total. The fraction of sp³-hybridized carbons (Fsp3) is 0.952. The van der Waals surface area contributed by atoms with Crippen molar-refractivity contribution in [2.75, 3.05) is 27.3 Å². The first kappa shape index (κ1) is 27.7. The minimum atomic E-state index is -4.25. The Hall–Kier alpha value is -0.260. The van der Waals surface area contributed by atoms with Gasteiger partial charge in [0.2, 0.25) is 7.94 Å². The van der Waals surface area contributed by atoms with E-state index < -0.39 is 20.2 Å². The summed E-state index contributed by atoms with van der Waals surface area (Å²) in [5.41, 5.74) is 0. The van der Waals surface area contributed by atoms with E-state index in [1.54, 1.807) is 0 Å². The second-order valence-electron chi connectivity index (χ2n) is 9.02. The number of carbonyl (C=O) groups is 1. The molecule has 0 aromatic heterocycles. The van der Waals surface area contributed by atoms with E-state index in [2.05, 4.69) is 6.92 Å². The number of carbonyl (C=O) groups excluding carboxylic acids is 1. The van der Waals surface area contributed by atoms with E-state index in [9.17, 15) is 19.5 Å². The SMILES string of the molecule is CCCCCCCCCCCCCC(=O)O[C@H](C[P+]([O-])(O)O)[C@H](C)[N+](C)(C)C. The van der Waals surface area contributed by atoms with E-state index in [1.165, 1.54) is 51.4 Å². The second-order valence-corrected chi connectivity index (χ2v) is 10.7. The predicted molar refractivity (Wildman–Crippen MR) is 115 cm³/mol. The normalized spacial score (nSPS) is 14.7. The highest BCUT2D eigenvalue weighted by Crippen LogP contribution is 2.41. The van der Waals surface area contributed by atoms with Crippen molar-refractivity contribution < 1.29 is 28.7 Å². The number of hydrogen-bond donors (Lipinski definition) is 2. The second kappa shape index (κ2) is 14.7. The molecule has 0 fully saturated rings. The van der Waals surface area contributed by atoms with Gasteiger partial charge in [-0.2, -0.15) is 0 Å². The molecular formula is C21H45NO5P+. The Labute approximate surface area is 173 Å². The zero-order valence-electron chi connectivity index (χ0n) is 18.9. The average molecular weight is 423 g/mol. The molecule has 0 aliphatic carbocycles. The summed E-state index contributed by atoms with van der Waals surface area (Å²) in [6.07, 6.45) is 12.5. The number of likely N-dealkylation sites (N-methyl/N-ethyl adjacent to an activating group) is 1. The molecule has 0 aromatic carbocycles. The molecule has 2 atom stereocenters. The van der Waals surface area contributed by atoms with Gasteiger partial charge in [-0.1, -0.05) is 71.1 Å². The van der Waals surface area contributed by atoms with Crippen LogP contribution >= 0.6 is 7.94 Å². The quantitative estimate of drug-likeness (QED) is 0.161. The number of esters is 1. The maximum Gasteiger partial charge on any atom is 0.306 e. The summed E-state index contributed by atoms with van der Waals surface area (Å²) in [5.74, 6) is -0.352.